The summed E-state index contributed by atoms with van der Waals surface area (Å²) >= 11 is 0. The zero-order valence-electron chi connectivity index (χ0n) is 9.17. The Bertz CT molecular complexity index is 369. The molecule has 1 aromatic carbocycles. The first-order valence-electron chi connectivity index (χ1n) is 4.63. The lowest BCUT2D eigenvalue weighted by Crippen LogP contribution is -2.17. The largest absolute Gasteiger partial charge is 0.309 e. The third-order valence-corrected chi connectivity index (χ3v) is 2.02. The first kappa shape index (κ1) is 15.0. The summed E-state index contributed by atoms with van der Waals surface area (Å²) in [5.74, 6) is -1.77. The molecule has 90 valence electrons. The number of hydrogen-bond acceptors (Lipinski definition) is 2. The van der Waals surface area contributed by atoms with E-state index in [2.05, 4.69) is 0 Å². The number of carbonyl (C=O) groups excluding carboxylic acids is 1. The molecule has 0 aliphatic heterocycles. The molecule has 0 saturated carbocycles. The highest BCUT2D eigenvalue weighted by Gasteiger charge is 2.12. The van der Waals surface area contributed by atoms with Gasteiger partial charge in [-0.05, 0) is 26.2 Å². The Labute approximate surface area is 99.7 Å². The van der Waals surface area contributed by atoms with Crippen molar-refractivity contribution in [3.05, 3.63) is 35.4 Å². The fourth-order valence-electron chi connectivity index (χ4n) is 1.18. The van der Waals surface area contributed by atoms with E-state index in [4.69, 9.17) is 0 Å². The van der Waals surface area contributed by atoms with Crippen molar-refractivity contribution in [2.45, 2.75) is 6.42 Å². The van der Waals surface area contributed by atoms with Crippen LogP contribution < -0.4 is 0 Å². The minimum absolute atomic E-state index is 0. The van der Waals surface area contributed by atoms with E-state index in [0.29, 0.717) is 6.54 Å². The van der Waals surface area contributed by atoms with Gasteiger partial charge in [-0.25, -0.2) is 8.78 Å². The van der Waals surface area contributed by atoms with Crippen LogP contribution in [0.15, 0.2) is 18.2 Å². The lowest BCUT2D eigenvalue weighted by molar-refractivity contribution is 0.0968. The molecule has 0 aliphatic rings. The van der Waals surface area contributed by atoms with Crippen LogP contribution in [-0.2, 0) is 0 Å². The Morgan fingerprint density at radius 1 is 1.31 bits per heavy atom. The molecule has 0 amide bonds. The summed E-state index contributed by atoms with van der Waals surface area (Å²) < 4.78 is 25.7. The molecule has 0 bridgehead atoms. The highest BCUT2D eigenvalue weighted by molar-refractivity contribution is 5.96. The average Bonchev–Trinajstić information content (AvgIpc) is 2.14. The molecule has 0 radical (unpaired) electrons. The minimum atomic E-state index is -0.793. The fraction of sp³-hybridized carbons (Fsp3) is 0.364. The van der Waals surface area contributed by atoms with Gasteiger partial charge in [0.1, 0.15) is 11.6 Å². The van der Waals surface area contributed by atoms with Gasteiger partial charge in [0.2, 0.25) is 0 Å². The van der Waals surface area contributed by atoms with Crippen LogP contribution in [0, 0.1) is 11.6 Å². The van der Waals surface area contributed by atoms with E-state index in [0.717, 1.165) is 12.1 Å². The third-order valence-electron chi connectivity index (χ3n) is 2.02. The summed E-state index contributed by atoms with van der Waals surface area (Å²) in [6, 6.07) is 3.00. The molecular formula is C11H14ClF2NO. The Morgan fingerprint density at radius 3 is 2.44 bits per heavy atom. The molecule has 5 heteroatoms. The van der Waals surface area contributed by atoms with E-state index < -0.39 is 11.6 Å². The van der Waals surface area contributed by atoms with Crippen LogP contribution in [0.2, 0.25) is 0 Å². The normalized spacial score (nSPS) is 10.1. The fourth-order valence-corrected chi connectivity index (χ4v) is 1.18. The van der Waals surface area contributed by atoms with Crippen LogP contribution in [0.1, 0.15) is 16.8 Å². The molecule has 16 heavy (non-hydrogen) atoms. The summed E-state index contributed by atoms with van der Waals surface area (Å²) in [4.78, 5) is 13.3. The van der Waals surface area contributed by atoms with Gasteiger partial charge in [0, 0.05) is 19.0 Å². The predicted octanol–water partition coefficient (Wildman–Crippen LogP) is 2.52. The van der Waals surface area contributed by atoms with E-state index in [1.165, 1.54) is 6.07 Å². The molecule has 0 heterocycles. The molecule has 0 aromatic heterocycles. The van der Waals surface area contributed by atoms with E-state index in [9.17, 15) is 13.6 Å². The Balaban J connectivity index is 0.00000225. The topological polar surface area (TPSA) is 20.3 Å². The van der Waals surface area contributed by atoms with Gasteiger partial charge in [-0.15, -0.1) is 12.4 Å². The second-order valence-electron chi connectivity index (χ2n) is 3.60. The molecule has 2 nitrogen and oxygen atoms in total. The molecule has 0 unspecified atom stereocenters. The van der Waals surface area contributed by atoms with E-state index >= 15 is 0 Å². The quantitative estimate of drug-likeness (QED) is 0.765. The van der Waals surface area contributed by atoms with Crippen molar-refractivity contribution in [3.63, 3.8) is 0 Å². The van der Waals surface area contributed by atoms with Gasteiger partial charge in [0.05, 0.1) is 5.56 Å². The average molecular weight is 250 g/mol. The van der Waals surface area contributed by atoms with Gasteiger partial charge in [0.15, 0.2) is 5.78 Å². The molecule has 1 aromatic rings. The highest BCUT2D eigenvalue weighted by Crippen LogP contribution is 2.11. The molecular weight excluding hydrogens is 236 g/mol. The summed E-state index contributed by atoms with van der Waals surface area (Å²) in [5.41, 5.74) is -0.0433. The maximum absolute atomic E-state index is 13.2. The van der Waals surface area contributed by atoms with Crippen molar-refractivity contribution in [3.8, 4) is 0 Å². The van der Waals surface area contributed by atoms with Crippen LogP contribution in [0.5, 0.6) is 0 Å². The standard InChI is InChI=1S/C11H13F2NO.ClH/c1-14(2)6-5-11(15)9-4-3-8(12)7-10(9)13;/h3-4,7H,5-6H2,1-2H3;1H. The first-order valence-corrected chi connectivity index (χ1v) is 4.63. The smallest absolute Gasteiger partial charge is 0.167 e. The van der Waals surface area contributed by atoms with Crippen molar-refractivity contribution in [2.24, 2.45) is 0 Å². The van der Waals surface area contributed by atoms with Crippen LogP contribution in [0.4, 0.5) is 8.78 Å². The lowest BCUT2D eigenvalue weighted by Gasteiger charge is -2.08. The SMILES string of the molecule is CN(C)CCC(=O)c1ccc(F)cc1F.Cl. The van der Waals surface area contributed by atoms with Crippen molar-refractivity contribution in [1.82, 2.24) is 4.90 Å². The zero-order chi connectivity index (χ0) is 11.4. The van der Waals surface area contributed by atoms with Crippen molar-refractivity contribution in [2.75, 3.05) is 20.6 Å². The molecule has 0 atom stereocenters. The maximum Gasteiger partial charge on any atom is 0.167 e. The third kappa shape index (κ3) is 4.24. The minimum Gasteiger partial charge on any atom is -0.309 e. The van der Waals surface area contributed by atoms with Gasteiger partial charge >= 0.3 is 0 Å². The molecule has 1 rings (SSSR count). The Kier molecular flexibility index (Phi) is 6.14. The summed E-state index contributed by atoms with van der Waals surface area (Å²) in [6.45, 7) is 0.551. The zero-order valence-corrected chi connectivity index (χ0v) is 9.98. The van der Waals surface area contributed by atoms with E-state index in [1.54, 1.807) is 0 Å². The van der Waals surface area contributed by atoms with Gasteiger partial charge in [-0.3, -0.25) is 4.79 Å². The number of carbonyl (C=O) groups is 1. The second kappa shape index (κ2) is 6.55. The molecule has 0 spiro atoms. The number of benzene rings is 1. The number of Topliss-reactive ketones (excluding diaryl/α,β-unsaturated/α-hetero) is 1. The Hall–Kier alpha value is -1.000. The number of nitrogens with zero attached hydrogens (tertiary/aromatic N) is 1. The van der Waals surface area contributed by atoms with Gasteiger partial charge in [-0.2, -0.15) is 0 Å². The Morgan fingerprint density at radius 2 is 1.94 bits per heavy atom. The number of ketones is 1. The van der Waals surface area contributed by atoms with Gasteiger partial charge < -0.3 is 4.90 Å². The van der Waals surface area contributed by atoms with E-state index in [-0.39, 0.29) is 30.2 Å². The van der Waals surface area contributed by atoms with Crippen LogP contribution in [-0.4, -0.2) is 31.3 Å². The van der Waals surface area contributed by atoms with Crippen molar-refractivity contribution < 1.29 is 13.6 Å². The van der Waals surface area contributed by atoms with Gasteiger partial charge in [-0.1, -0.05) is 0 Å². The van der Waals surface area contributed by atoms with E-state index in [1.807, 2.05) is 19.0 Å². The van der Waals surface area contributed by atoms with Crippen molar-refractivity contribution in [1.29, 1.82) is 0 Å². The maximum atomic E-state index is 13.2. The molecule has 0 fully saturated rings. The first-order chi connectivity index (χ1) is 7.00. The molecule has 0 aliphatic carbocycles. The number of hydrogen-bond donors (Lipinski definition) is 0. The highest BCUT2D eigenvalue weighted by atomic mass is 35.5. The predicted molar refractivity (Wildman–Crippen MR) is 61.1 cm³/mol. The summed E-state index contributed by atoms with van der Waals surface area (Å²) in [6.07, 6.45) is 0.232. The number of rotatable bonds is 4. The van der Waals surface area contributed by atoms with Crippen LogP contribution in [0.3, 0.4) is 0 Å². The van der Waals surface area contributed by atoms with Gasteiger partial charge in [0.25, 0.3) is 0 Å². The second-order valence-corrected chi connectivity index (χ2v) is 3.60. The van der Waals surface area contributed by atoms with Crippen molar-refractivity contribution >= 4 is 18.2 Å². The molecule has 0 N–H and O–H groups in total. The van der Waals surface area contributed by atoms with Crippen LogP contribution >= 0.6 is 12.4 Å². The van der Waals surface area contributed by atoms with Crippen LogP contribution in [0.25, 0.3) is 0 Å². The summed E-state index contributed by atoms with van der Waals surface area (Å²) in [7, 11) is 3.66. The molecule has 0 saturated heterocycles. The monoisotopic (exact) mass is 249 g/mol. The summed E-state index contributed by atoms with van der Waals surface area (Å²) in [5, 5.41) is 0. The lowest BCUT2D eigenvalue weighted by atomic mass is 10.1. The number of halogens is 3.